The summed E-state index contributed by atoms with van der Waals surface area (Å²) in [4.78, 5) is 25.8. The van der Waals surface area contributed by atoms with Crippen LogP contribution in [0, 0.1) is 6.92 Å². The lowest BCUT2D eigenvalue weighted by atomic mass is 10.0. The van der Waals surface area contributed by atoms with Crippen LogP contribution in [0.4, 0.5) is 0 Å². The molecule has 0 unspecified atom stereocenters. The summed E-state index contributed by atoms with van der Waals surface area (Å²) in [6, 6.07) is 13.4. The predicted molar refractivity (Wildman–Crippen MR) is 96.5 cm³/mol. The van der Waals surface area contributed by atoms with E-state index in [1.807, 2.05) is 49.4 Å². The van der Waals surface area contributed by atoms with Crippen LogP contribution in [-0.4, -0.2) is 42.5 Å². The summed E-state index contributed by atoms with van der Waals surface area (Å²) in [7, 11) is 0. The zero-order valence-corrected chi connectivity index (χ0v) is 15.1. The summed E-state index contributed by atoms with van der Waals surface area (Å²) < 4.78 is 11.3. The molecule has 1 aromatic heterocycles. The van der Waals surface area contributed by atoms with E-state index in [9.17, 15) is 9.59 Å². The molecular formula is C20H24N2O4. The van der Waals surface area contributed by atoms with Crippen molar-refractivity contribution in [2.24, 2.45) is 0 Å². The number of rotatable bonds is 6. The zero-order valence-electron chi connectivity index (χ0n) is 15.1. The number of furan rings is 1. The number of carbonyl (C=O) groups excluding carboxylic acids is 2. The van der Waals surface area contributed by atoms with Gasteiger partial charge in [-0.15, -0.1) is 0 Å². The molecule has 1 fully saturated rings. The maximum atomic E-state index is 12.5. The van der Waals surface area contributed by atoms with Gasteiger partial charge in [-0.1, -0.05) is 30.3 Å². The second-order valence-corrected chi connectivity index (χ2v) is 6.64. The Morgan fingerprint density at radius 3 is 2.62 bits per heavy atom. The van der Waals surface area contributed by atoms with Crippen molar-refractivity contribution in [1.29, 1.82) is 0 Å². The van der Waals surface area contributed by atoms with Gasteiger partial charge in [0.1, 0.15) is 18.1 Å². The van der Waals surface area contributed by atoms with Gasteiger partial charge >= 0.3 is 0 Å². The molecule has 2 amide bonds. The first-order valence-electron chi connectivity index (χ1n) is 8.76. The number of benzene rings is 1. The van der Waals surface area contributed by atoms with Crippen LogP contribution in [0.3, 0.4) is 0 Å². The third-order valence-corrected chi connectivity index (χ3v) is 4.52. The van der Waals surface area contributed by atoms with Gasteiger partial charge in [0, 0.05) is 20.0 Å². The van der Waals surface area contributed by atoms with Crippen LogP contribution in [0.5, 0.6) is 0 Å². The van der Waals surface area contributed by atoms with Crippen LogP contribution in [0.15, 0.2) is 46.9 Å². The number of likely N-dealkylation sites (tertiary alicyclic amines) is 1. The van der Waals surface area contributed by atoms with E-state index in [0.717, 1.165) is 17.1 Å². The van der Waals surface area contributed by atoms with Crippen molar-refractivity contribution in [2.45, 2.75) is 32.4 Å². The first-order chi connectivity index (χ1) is 12.5. The molecule has 138 valence electrons. The summed E-state index contributed by atoms with van der Waals surface area (Å²) in [5.74, 6) is 1.37. The van der Waals surface area contributed by atoms with Crippen LogP contribution < -0.4 is 5.32 Å². The minimum Gasteiger partial charge on any atom is -0.466 e. The molecule has 2 atom stereocenters. The number of amides is 2. The van der Waals surface area contributed by atoms with Crippen LogP contribution in [-0.2, 0) is 20.9 Å². The molecule has 2 aromatic rings. The van der Waals surface area contributed by atoms with Crippen LogP contribution in [0.25, 0.3) is 0 Å². The minimum absolute atomic E-state index is 0.0194. The molecule has 1 aliphatic rings. The predicted octanol–water partition coefficient (Wildman–Crippen LogP) is 2.24. The molecule has 1 N–H and O–H groups in total. The number of aryl methyl sites for hydroxylation is 1. The average Bonchev–Trinajstić information content (AvgIpc) is 3.21. The molecule has 3 rings (SSSR count). The van der Waals surface area contributed by atoms with E-state index in [4.69, 9.17) is 9.15 Å². The Hall–Kier alpha value is -2.60. The third kappa shape index (κ3) is 4.52. The Balaban J connectivity index is 1.59. The fraction of sp³-hybridized carbons (Fsp3) is 0.400. The lowest BCUT2D eigenvalue weighted by Crippen LogP contribution is -2.39. The number of hydrogen-bond acceptors (Lipinski definition) is 4. The van der Waals surface area contributed by atoms with Gasteiger partial charge in [-0.3, -0.25) is 9.59 Å². The van der Waals surface area contributed by atoms with Gasteiger partial charge in [-0.25, -0.2) is 0 Å². The number of carbonyl (C=O) groups is 2. The Bertz CT molecular complexity index is 756. The summed E-state index contributed by atoms with van der Waals surface area (Å²) >= 11 is 0. The molecule has 1 aliphatic heterocycles. The van der Waals surface area contributed by atoms with Crippen LogP contribution in [0.1, 0.15) is 29.9 Å². The van der Waals surface area contributed by atoms with Crippen molar-refractivity contribution in [3.63, 3.8) is 0 Å². The molecule has 0 bridgehead atoms. The molecule has 0 spiro atoms. The smallest absolute Gasteiger partial charge is 0.248 e. The van der Waals surface area contributed by atoms with Crippen molar-refractivity contribution in [3.8, 4) is 0 Å². The summed E-state index contributed by atoms with van der Waals surface area (Å²) in [5, 5.41) is 2.93. The Kier molecular flexibility index (Phi) is 5.73. The standard InChI is InChI=1S/C20H24N2O4/c1-14-8-9-19(26-14)17-10-22(11-18(17)21-15(2)23)20(24)13-25-12-16-6-4-3-5-7-16/h3-9,17-18H,10-13H2,1-2H3,(H,21,23)/t17-,18-/m1/s1. The van der Waals surface area contributed by atoms with Gasteiger partial charge in [0.05, 0.1) is 18.6 Å². The Morgan fingerprint density at radius 2 is 1.96 bits per heavy atom. The van der Waals surface area contributed by atoms with Crippen molar-refractivity contribution in [3.05, 3.63) is 59.5 Å². The van der Waals surface area contributed by atoms with Crippen molar-refractivity contribution in [2.75, 3.05) is 19.7 Å². The van der Waals surface area contributed by atoms with Crippen LogP contribution in [0.2, 0.25) is 0 Å². The lowest BCUT2D eigenvalue weighted by molar-refractivity contribution is -0.135. The third-order valence-electron chi connectivity index (χ3n) is 4.52. The fourth-order valence-electron chi connectivity index (χ4n) is 3.28. The van der Waals surface area contributed by atoms with E-state index in [2.05, 4.69) is 5.32 Å². The van der Waals surface area contributed by atoms with Crippen molar-refractivity contribution < 1.29 is 18.7 Å². The van der Waals surface area contributed by atoms with E-state index in [-0.39, 0.29) is 30.4 Å². The molecule has 1 saturated heterocycles. The lowest BCUT2D eigenvalue weighted by Gasteiger charge is -2.17. The Morgan fingerprint density at radius 1 is 1.19 bits per heavy atom. The number of nitrogens with one attached hydrogen (secondary N) is 1. The molecule has 2 heterocycles. The topological polar surface area (TPSA) is 71.8 Å². The SMILES string of the molecule is CC(=O)N[C@@H]1CN(C(=O)COCc2ccccc2)C[C@H]1c1ccc(C)o1. The minimum atomic E-state index is -0.156. The highest BCUT2D eigenvalue weighted by Gasteiger charge is 2.38. The van der Waals surface area contributed by atoms with Gasteiger partial charge in [0.25, 0.3) is 0 Å². The highest BCUT2D eigenvalue weighted by Crippen LogP contribution is 2.29. The van der Waals surface area contributed by atoms with E-state index >= 15 is 0 Å². The molecule has 0 radical (unpaired) electrons. The summed E-state index contributed by atoms with van der Waals surface area (Å²) in [5.41, 5.74) is 1.03. The molecule has 1 aromatic carbocycles. The summed E-state index contributed by atoms with van der Waals surface area (Å²) in [6.07, 6.45) is 0. The molecule has 6 heteroatoms. The number of hydrogen-bond donors (Lipinski definition) is 1. The van der Waals surface area contributed by atoms with E-state index in [1.165, 1.54) is 6.92 Å². The van der Waals surface area contributed by atoms with E-state index < -0.39 is 0 Å². The largest absolute Gasteiger partial charge is 0.466 e. The van der Waals surface area contributed by atoms with Gasteiger partial charge in [-0.05, 0) is 24.6 Å². The van der Waals surface area contributed by atoms with Gasteiger partial charge in [0.2, 0.25) is 11.8 Å². The van der Waals surface area contributed by atoms with Crippen molar-refractivity contribution >= 4 is 11.8 Å². The first-order valence-corrected chi connectivity index (χ1v) is 8.76. The second-order valence-electron chi connectivity index (χ2n) is 6.64. The molecule has 6 nitrogen and oxygen atoms in total. The Labute approximate surface area is 153 Å². The van der Waals surface area contributed by atoms with Gasteiger partial charge in [-0.2, -0.15) is 0 Å². The van der Waals surface area contributed by atoms with Gasteiger partial charge in [0.15, 0.2) is 0 Å². The maximum absolute atomic E-state index is 12.5. The molecule has 0 aliphatic carbocycles. The van der Waals surface area contributed by atoms with Crippen LogP contribution >= 0.6 is 0 Å². The van der Waals surface area contributed by atoms with Gasteiger partial charge < -0.3 is 19.4 Å². The maximum Gasteiger partial charge on any atom is 0.248 e. The summed E-state index contributed by atoms with van der Waals surface area (Å²) in [6.45, 7) is 4.75. The highest BCUT2D eigenvalue weighted by atomic mass is 16.5. The molecule has 0 saturated carbocycles. The van der Waals surface area contributed by atoms with Crippen molar-refractivity contribution in [1.82, 2.24) is 10.2 Å². The fourth-order valence-corrected chi connectivity index (χ4v) is 3.28. The highest BCUT2D eigenvalue weighted by molar-refractivity contribution is 5.78. The molecule has 26 heavy (non-hydrogen) atoms. The quantitative estimate of drug-likeness (QED) is 0.862. The van der Waals surface area contributed by atoms with E-state index in [1.54, 1.807) is 4.90 Å². The number of nitrogens with zero attached hydrogens (tertiary/aromatic N) is 1. The monoisotopic (exact) mass is 356 g/mol. The number of ether oxygens (including phenoxy) is 1. The first kappa shape index (κ1) is 18.2. The normalized spacial score (nSPS) is 19.5. The zero-order chi connectivity index (χ0) is 18.5. The second kappa shape index (κ2) is 8.19. The average molecular weight is 356 g/mol. The van der Waals surface area contributed by atoms with E-state index in [0.29, 0.717) is 19.7 Å². The molecular weight excluding hydrogens is 332 g/mol.